The van der Waals surface area contributed by atoms with Crippen LogP contribution in [0.1, 0.15) is 61.4 Å². The van der Waals surface area contributed by atoms with Crippen LogP contribution in [0.25, 0.3) is 0 Å². The number of amides is 1. The van der Waals surface area contributed by atoms with E-state index in [1.165, 1.54) is 31.9 Å². The summed E-state index contributed by atoms with van der Waals surface area (Å²) in [5.41, 5.74) is 3.74. The number of ether oxygens (including phenoxy) is 2. The minimum Gasteiger partial charge on any atom is -0.493 e. The van der Waals surface area contributed by atoms with Crippen LogP contribution in [-0.4, -0.2) is 25.8 Å². The van der Waals surface area contributed by atoms with E-state index in [-0.39, 0.29) is 5.91 Å². The summed E-state index contributed by atoms with van der Waals surface area (Å²) >= 11 is 6.38. The number of halogens is 1. The van der Waals surface area contributed by atoms with Crippen molar-refractivity contribution in [1.29, 1.82) is 0 Å². The van der Waals surface area contributed by atoms with Gasteiger partial charge >= 0.3 is 0 Å². The van der Waals surface area contributed by atoms with E-state index in [2.05, 4.69) is 17.5 Å². The minimum atomic E-state index is -0.279. The summed E-state index contributed by atoms with van der Waals surface area (Å²) in [4.78, 5) is 12.0. The summed E-state index contributed by atoms with van der Waals surface area (Å²) in [5, 5.41) is 4.45. The minimum absolute atomic E-state index is 0.279. The second-order valence-corrected chi connectivity index (χ2v) is 7.12. The van der Waals surface area contributed by atoms with Gasteiger partial charge in [0.25, 0.3) is 5.91 Å². The van der Waals surface area contributed by atoms with Crippen LogP contribution in [-0.2, 0) is 0 Å². The van der Waals surface area contributed by atoms with E-state index in [4.69, 9.17) is 21.1 Å². The molecule has 0 heterocycles. The van der Waals surface area contributed by atoms with Crippen LogP contribution in [0.5, 0.6) is 11.5 Å². The largest absolute Gasteiger partial charge is 0.493 e. The number of benzene rings is 2. The van der Waals surface area contributed by atoms with E-state index in [9.17, 15) is 4.79 Å². The molecule has 29 heavy (non-hydrogen) atoms. The Kier molecular flexibility index (Phi) is 10.1. The maximum Gasteiger partial charge on any atom is 0.271 e. The molecule has 1 N–H and O–H groups in total. The summed E-state index contributed by atoms with van der Waals surface area (Å²) in [6.07, 6.45) is 8.68. The number of hydrogen-bond acceptors (Lipinski definition) is 4. The van der Waals surface area contributed by atoms with E-state index in [1.807, 2.05) is 6.07 Å². The van der Waals surface area contributed by atoms with Crippen molar-refractivity contribution in [1.82, 2.24) is 5.43 Å². The lowest BCUT2D eigenvalue weighted by molar-refractivity contribution is 0.0955. The molecule has 0 aliphatic carbocycles. The molecule has 0 unspecified atom stereocenters. The first-order valence-electron chi connectivity index (χ1n) is 10.0. The Hall–Kier alpha value is -2.53. The van der Waals surface area contributed by atoms with Crippen molar-refractivity contribution < 1.29 is 14.3 Å². The Bertz CT molecular complexity index is 794. The molecule has 2 aromatic carbocycles. The van der Waals surface area contributed by atoms with Gasteiger partial charge in [-0.2, -0.15) is 5.10 Å². The quantitative estimate of drug-likeness (QED) is 0.268. The highest BCUT2D eigenvalue weighted by atomic mass is 35.5. The molecule has 0 saturated heterocycles. The summed E-state index contributed by atoms with van der Waals surface area (Å²) in [5.74, 6) is 0.798. The number of carbonyl (C=O) groups excluding carboxylic acids is 1. The lowest BCUT2D eigenvalue weighted by atomic mass is 10.1. The fourth-order valence-corrected chi connectivity index (χ4v) is 3.10. The summed E-state index contributed by atoms with van der Waals surface area (Å²) < 4.78 is 11.3. The summed E-state index contributed by atoms with van der Waals surface area (Å²) in [6.45, 7) is 2.81. The predicted octanol–water partition coefficient (Wildman–Crippen LogP) is 5.85. The predicted molar refractivity (Wildman–Crippen MR) is 118 cm³/mol. The van der Waals surface area contributed by atoms with Crippen LogP contribution in [0.2, 0.25) is 5.02 Å². The average molecular weight is 417 g/mol. The summed E-state index contributed by atoms with van der Waals surface area (Å²) in [6, 6.07) is 12.4. The molecule has 0 spiro atoms. The number of nitrogens with zero attached hydrogens (tertiary/aromatic N) is 1. The maximum absolute atomic E-state index is 12.0. The van der Waals surface area contributed by atoms with Crippen LogP contribution in [0.3, 0.4) is 0 Å². The molecule has 0 atom stereocenters. The normalized spacial score (nSPS) is 10.9. The topological polar surface area (TPSA) is 59.9 Å². The number of nitrogens with one attached hydrogen (secondary N) is 1. The second kappa shape index (κ2) is 12.8. The number of carbonyl (C=O) groups is 1. The van der Waals surface area contributed by atoms with Gasteiger partial charge in [-0.1, -0.05) is 68.8 Å². The van der Waals surface area contributed by atoms with Crippen molar-refractivity contribution in [2.45, 2.75) is 45.4 Å². The van der Waals surface area contributed by atoms with Gasteiger partial charge in [-0.15, -0.1) is 0 Å². The van der Waals surface area contributed by atoms with Gasteiger partial charge in [-0.25, -0.2) is 5.43 Å². The lowest BCUT2D eigenvalue weighted by Gasteiger charge is -2.13. The van der Waals surface area contributed by atoms with Crippen LogP contribution >= 0.6 is 11.6 Å². The number of hydrazone groups is 1. The van der Waals surface area contributed by atoms with Gasteiger partial charge < -0.3 is 9.47 Å². The Morgan fingerprint density at radius 3 is 2.55 bits per heavy atom. The molecule has 1 amide bonds. The Morgan fingerprint density at radius 2 is 1.83 bits per heavy atom. The van der Waals surface area contributed by atoms with E-state index in [0.717, 1.165) is 12.8 Å². The first-order chi connectivity index (χ1) is 14.2. The van der Waals surface area contributed by atoms with Gasteiger partial charge in [0.05, 0.1) is 25.0 Å². The third-order valence-electron chi connectivity index (χ3n) is 4.41. The zero-order valence-corrected chi connectivity index (χ0v) is 17.9. The molecule has 2 rings (SSSR count). The van der Waals surface area contributed by atoms with E-state index >= 15 is 0 Å². The highest BCUT2D eigenvalue weighted by Crippen LogP contribution is 2.36. The fraction of sp³-hybridized carbons (Fsp3) is 0.391. The number of rotatable bonds is 12. The molecule has 0 radical (unpaired) electrons. The Labute approximate surface area is 178 Å². The Balaban J connectivity index is 1.90. The second-order valence-electron chi connectivity index (χ2n) is 6.72. The molecule has 2 aromatic rings. The van der Waals surface area contributed by atoms with Gasteiger partial charge in [0.1, 0.15) is 0 Å². The average Bonchev–Trinajstić information content (AvgIpc) is 2.74. The highest BCUT2D eigenvalue weighted by Gasteiger charge is 2.11. The van der Waals surface area contributed by atoms with Crippen molar-refractivity contribution in [3.8, 4) is 11.5 Å². The van der Waals surface area contributed by atoms with Crippen molar-refractivity contribution >= 4 is 23.7 Å². The molecule has 0 aliphatic heterocycles. The van der Waals surface area contributed by atoms with Gasteiger partial charge in [-0.05, 0) is 36.2 Å². The zero-order chi connectivity index (χ0) is 20.9. The van der Waals surface area contributed by atoms with Crippen LogP contribution in [0, 0.1) is 0 Å². The van der Waals surface area contributed by atoms with Crippen molar-refractivity contribution in [3.63, 3.8) is 0 Å². The van der Waals surface area contributed by atoms with E-state index in [0.29, 0.717) is 34.3 Å². The number of hydrogen-bond donors (Lipinski definition) is 1. The molecule has 6 heteroatoms. The molecule has 156 valence electrons. The molecular formula is C23H29ClN2O3. The van der Waals surface area contributed by atoms with Crippen LogP contribution in [0.15, 0.2) is 47.6 Å². The monoisotopic (exact) mass is 416 g/mol. The smallest absolute Gasteiger partial charge is 0.271 e. The van der Waals surface area contributed by atoms with Crippen molar-refractivity contribution in [3.05, 3.63) is 58.6 Å². The third kappa shape index (κ3) is 7.78. The van der Waals surface area contributed by atoms with Crippen LogP contribution < -0.4 is 14.9 Å². The fourth-order valence-electron chi connectivity index (χ4n) is 2.83. The van der Waals surface area contributed by atoms with Crippen molar-refractivity contribution in [2.24, 2.45) is 5.10 Å². The van der Waals surface area contributed by atoms with E-state index < -0.39 is 0 Å². The maximum atomic E-state index is 12.0. The van der Waals surface area contributed by atoms with Gasteiger partial charge in [0.15, 0.2) is 11.5 Å². The van der Waals surface area contributed by atoms with E-state index in [1.54, 1.807) is 43.5 Å². The van der Waals surface area contributed by atoms with Gasteiger partial charge in [0.2, 0.25) is 0 Å². The lowest BCUT2D eigenvalue weighted by Crippen LogP contribution is -2.17. The number of unbranched alkanes of at least 4 members (excludes halogenated alkanes) is 5. The molecule has 0 saturated carbocycles. The first kappa shape index (κ1) is 22.8. The SMILES string of the molecule is CCCCCCCCOc1c(Cl)cc(/C=N/NC(=O)c2ccccc2)cc1OC. The number of methoxy groups -OCH3 is 1. The van der Waals surface area contributed by atoms with Gasteiger partial charge in [0, 0.05) is 5.56 Å². The molecule has 0 aromatic heterocycles. The zero-order valence-electron chi connectivity index (χ0n) is 17.1. The van der Waals surface area contributed by atoms with Crippen LogP contribution in [0.4, 0.5) is 0 Å². The highest BCUT2D eigenvalue weighted by molar-refractivity contribution is 6.32. The van der Waals surface area contributed by atoms with Gasteiger partial charge in [-0.3, -0.25) is 4.79 Å². The Morgan fingerprint density at radius 1 is 1.10 bits per heavy atom. The molecule has 0 aliphatic rings. The van der Waals surface area contributed by atoms with Crippen molar-refractivity contribution in [2.75, 3.05) is 13.7 Å². The standard InChI is InChI=1S/C23H29ClN2O3/c1-3-4-5-6-7-11-14-29-22-20(24)15-18(16-21(22)28-2)17-25-26-23(27)19-12-9-8-10-13-19/h8-10,12-13,15-17H,3-7,11,14H2,1-2H3,(H,26,27)/b25-17+. The summed E-state index contributed by atoms with van der Waals surface area (Å²) in [7, 11) is 1.57. The molecule has 0 fully saturated rings. The molecule has 0 bridgehead atoms. The molecule has 5 nitrogen and oxygen atoms in total. The first-order valence-corrected chi connectivity index (χ1v) is 10.4. The molecular weight excluding hydrogens is 388 g/mol. The third-order valence-corrected chi connectivity index (χ3v) is 4.69.